The van der Waals surface area contributed by atoms with E-state index < -0.39 is 21.5 Å². The molecule has 0 spiro atoms. The van der Waals surface area contributed by atoms with Crippen LogP contribution in [0.1, 0.15) is 110 Å². The molecule has 0 bridgehead atoms. The molecule has 156 valence electrons. The minimum atomic E-state index is -4.44. The predicted molar refractivity (Wildman–Crippen MR) is 109 cm³/mol. The van der Waals surface area contributed by atoms with E-state index in [1.165, 1.54) is 64.7 Å². The van der Waals surface area contributed by atoms with Gasteiger partial charge in [-0.15, -0.1) is 0 Å². The first-order valence-electron chi connectivity index (χ1n) is 10.6. The van der Waals surface area contributed by atoms with E-state index in [1.807, 2.05) is 0 Å². The molecule has 1 N–H and O–H groups in total. The molecule has 4 nitrogen and oxygen atoms in total. The van der Waals surface area contributed by atoms with Crippen molar-refractivity contribution in [3.8, 4) is 0 Å². The van der Waals surface area contributed by atoms with Gasteiger partial charge < -0.3 is 9.66 Å². The average Bonchev–Trinajstić information content (AvgIpc) is 2.60. The minimum Gasteiger partial charge on any atom is -0.747 e. The van der Waals surface area contributed by atoms with Gasteiger partial charge in [0, 0.05) is 0 Å². The quantitative estimate of drug-likeness (QED) is 0.162. The molecule has 0 aromatic rings. The van der Waals surface area contributed by atoms with Crippen molar-refractivity contribution in [2.75, 3.05) is 6.61 Å². The fourth-order valence-corrected chi connectivity index (χ4v) is 3.58. The maximum atomic E-state index is 11.2. The van der Waals surface area contributed by atoms with Gasteiger partial charge in [0.2, 0.25) is 0 Å². The van der Waals surface area contributed by atoms with Crippen molar-refractivity contribution < 1.29 is 47.6 Å². The van der Waals surface area contributed by atoms with Crippen LogP contribution in [0.25, 0.3) is 0 Å². The van der Waals surface area contributed by atoms with E-state index in [0.29, 0.717) is 6.42 Å². The molecule has 0 saturated carbocycles. The number of rotatable bonds is 18. The maximum absolute atomic E-state index is 11.2. The average molecular weight is 413 g/mol. The van der Waals surface area contributed by atoms with Gasteiger partial charge in [-0.05, 0) is 39.0 Å². The second-order valence-corrected chi connectivity index (χ2v) is 9.64. The number of hydrogen-bond acceptors (Lipinski definition) is 4. The molecule has 0 amide bonds. The molecule has 0 radical (unpaired) electrons. The van der Waals surface area contributed by atoms with Crippen molar-refractivity contribution in [2.45, 2.75) is 115 Å². The van der Waals surface area contributed by atoms with Gasteiger partial charge in [0.15, 0.2) is 0 Å². The van der Waals surface area contributed by atoms with E-state index in [2.05, 4.69) is 19.1 Å². The standard InChI is InChI=1S/C21H42O4S.Na/c1-3-4-5-6-7-8-9-10-11-12-13-14-15-16-17-18-19-21(2,20-22)26(23,24)25;/h10-11,22H,3-9,12-20H2,1-2H3,(H,23,24,25);/q;+1/p-1/b11-10-;. The van der Waals surface area contributed by atoms with Gasteiger partial charge >= 0.3 is 29.6 Å². The Hall–Kier alpha value is 0.610. The number of allylic oxidation sites excluding steroid dienone is 2. The molecule has 1 atom stereocenters. The third-order valence-corrected chi connectivity index (χ3v) is 6.70. The first-order chi connectivity index (χ1) is 12.4. The maximum Gasteiger partial charge on any atom is 1.00 e. The van der Waals surface area contributed by atoms with Crippen LogP contribution in [0.3, 0.4) is 0 Å². The van der Waals surface area contributed by atoms with Crippen molar-refractivity contribution in [3.05, 3.63) is 12.2 Å². The van der Waals surface area contributed by atoms with E-state index in [-0.39, 0.29) is 36.0 Å². The van der Waals surface area contributed by atoms with Crippen molar-refractivity contribution >= 4 is 10.1 Å². The summed E-state index contributed by atoms with van der Waals surface area (Å²) in [6.45, 7) is 2.99. The Kier molecular flexibility index (Phi) is 20.6. The van der Waals surface area contributed by atoms with E-state index >= 15 is 0 Å². The van der Waals surface area contributed by atoms with Crippen LogP contribution in [0.15, 0.2) is 12.2 Å². The minimum absolute atomic E-state index is 0. The normalized spacial score (nSPS) is 14.2. The van der Waals surface area contributed by atoms with Crippen LogP contribution >= 0.6 is 0 Å². The van der Waals surface area contributed by atoms with Crippen molar-refractivity contribution in [1.82, 2.24) is 0 Å². The van der Waals surface area contributed by atoms with Crippen molar-refractivity contribution in [3.63, 3.8) is 0 Å². The molecule has 0 aliphatic heterocycles. The van der Waals surface area contributed by atoms with Gasteiger partial charge in [0.1, 0.15) is 10.1 Å². The molecule has 6 heteroatoms. The zero-order chi connectivity index (χ0) is 19.7. The molecule has 0 aromatic carbocycles. The molecule has 0 aromatic heterocycles. The Morgan fingerprint density at radius 3 is 1.63 bits per heavy atom. The molecule has 0 rings (SSSR count). The van der Waals surface area contributed by atoms with Gasteiger partial charge in [-0.25, -0.2) is 8.42 Å². The topological polar surface area (TPSA) is 77.4 Å². The molecule has 0 saturated heterocycles. The van der Waals surface area contributed by atoms with Crippen LogP contribution < -0.4 is 29.6 Å². The molecule has 0 aliphatic carbocycles. The van der Waals surface area contributed by atoms with Crippen LogP contribution in [-0.2, 0) is 10.1 Å². The SMILES string of the molecule is CCCCCCCC/C=C\CCCCCCCCC(C)(CO)S(=O)(=O)[O-].[Na+]. The monoisotopic (exact) mass is 412 g/mol. The molecule has 0 fully saturated rings. The Morgan fingerprint density at radius 1 is 0.815 bits per heavy atom. The Labute approximate surface area is 190 Å². The van der Waals surface area contributed by atoms with Gasteiger partial charge in [-0.3, -0.25) is 0 Å². The van der Waals surface area contributed by atoms with E-state index in [4.69, 9.17) is 5.11 Å². The Balaban J connectivity index is 0. The summed E-state index contributed by atoms with van der Waals surface area (Å²) in [6.07, 6.45) is 21.5. The van der Waals surface area contributed by atoms with Gasteiger partial charge in [0.25, 0.3) is 0 Å². The van der Waals surface area contributed by atoms with Crippen LogP contribution in [0.4, 0.5) is 0 Å². The third-order valence-electron chi connectivity index (χ3n) is 5.16. The fourth-order valence-electron chi connectivity index (χ4n) is 3.03. The third kappa shape index (κ3) is 16.1. The molecule has 0 heterocycles. The summed E-state index contributed by atoms with van der Waals surface area (Å²) in [7, 11) is -4.44. The summed E-state index contributed by atoms with van der Waals surface area (Å²) in [6, 6.07) is 0. The summed E-state index contributed by atoms with van der Waals surface area (Å²) in [4.78, 5) is 0. The summed E-state index contributed by atoms with van der Waals surface area (Å²) in [5.74, 6) is 0. The number of aliphatic hydroxyl groups is 1. The van der Waals surface area contributed by atoms with Crippen LogP contribution in [0, 0.1) is 0 Å². The van der Waals surface area contributed by atoms with Crippen LogP contribution in [0.2, 0.25) is 0 Å². The van der Waals surface area contributed by atoms with Crippen molar-refractivity contribution in [1.29, 1.82) is 0 Å². The predicted octanol–water partition coefficient (Wildman–Crippen LogP) is 2.71. The van der Waals surface area contributed by atoms with E-state index in [1.54, 1.807) is 0 Å². The molecular weight excluding hydrogens is 371 g/mol. The van der Waals surface area contributed by atoms with Gasteiger partial charge in [-0.2, -0.15) is 0 Å². The van der Waals surface area contributed by atoms with E-state index in [0.717, 1.165) is 25.7 Å². The molecule has 27 heavy (non-hydrogen) atoms. The van der Waals surface area contributed by atoms with Gasteiger partial charge in [0.05, 0.1) is 11.4 Å². The fraction of sp³-hybridized carbons (Fsp3) is 0.905. The van der Waals surface area contributed by atoms with Crippen molar-refractivity contribution in [2.24, 2.45) is 0 Å². The summed E-state index contributed by atoms with van der Waals surface area (Å²) in [5, 5.41) is 9.16. The van der Waals surface area contributed by atoms with E-state index in [9.17, 15) is 13.0 Å². The first-order valence-corrected chi connectivity index (χ1v) is 12.0. The second kappa shape index (κ2) is 18.6. The summed E-state index contributed by atoms with van der Waals surface area (Å²) < 4.78 is 31.9. The number of hydrogen-bond donors (Lipinski definition) is 1. The Morgan fingerprint density at radius 2 is 1.22 bits per heavy atom. The molecule has 0 aliphatic rings. The van der Waals surface area contributed by atoms with Crippen LogP contribution in [-0.4, -0.2) is 29.4 Å². The zero-order valence-electron chi connectivity index (χ0n) is 18.0. The summed E-state index contributed by atoms with van der Waals surface area (Å²) in [5.41, 5.74) is 0. The smallest absolute Gasteiger partial charge is 0.747 e. The zero-order valence-corrected chi connectivity index (χ0v) is 20.9. The van der Waals surface area contributed by atoms with Crippen LogP contribution in [0.5, 0.6) is 0 Å². The number of aliphatic hydroxyl groups excluding tert-OH is 1. The second-order valence-electron chi connectivity index (χ2n) is 7.75. The van der Waals surface area contributed by atoms with Gasteiger partial charge in [-0.1, -0.05) is 83.3 Å². The Bertz CT molecular complexity index is 451. The first kappa shape index (κ1) is 29.8. The largest absolute Gasteiger partial charge is 1.00 e. The summed E-state index contributed by atoms with van der Waals surface area (Å²) >= 11 is 0. The number of unbranched alkanes of at least 4 members (excludes halogenated alkanes) is 12. The molecule has 1 unspecified atom stereocenters. The molecular formula is C21H41NaO4S.